The molecule has 11 amide bonds. The highest BCUT2D eigenvalue weighted by molar-refractivity contribution is 5.99. The monoisotopic (exact) mass is 1200 g/mol. The van der Waals surface area contributed by atoms with E-state index in [9.17, 15) is 67.7 Å². The molecule has 0 spiro atoms. The Balaban J connectivity index is 2.36. The van der Waals surface area contributed by atoms with E-state index >= 15 is 0 Å². The molecule has 0 aliphatic carbocycles. The Labute approximate surface area is 496 Å². The molecule has 17 N–H and O–H groups in total. The Bertz CT molecular complexity index is 2480. The number of benzene rings is 1. The van der Waals surface area contributed by atoms with Gasteiger partial charge >= 0.3 is 5.97 Å². The van der Waals surface area contributed by atoms with Gasteiger partial charge in [-0.1, -0.05) is 91.1 Å². The van der Waals surface area contributed by atoms with Crippen molar-refractivity contribution in [2.24, 2.45) is 34.2 Å². The summed E-state index contributed by atoms with van der Waals surface area (Å²) in [4.78, 5) is 168. The lowest BCUT2D eigenvalue weighted by Crippen LogP contribution is -2.63. The van der Waals surface area contributed by atoms with E-state index in [1.807, 2.05) is 30.3 Å². The van der Waals surface area contributed by atoms with Crippen molar-refractivity contribution in [1.29, 1.82) is 0 Å². The fourth-order valence-corrected chi connectivity index (χ4v) is 8.61. The van der Waals surface area contributed by atoms with E-state index in [4.69, 9.17) is 16.2 Å². The van der Waals surface area contributed by atoms with Crippen LogP contribution in [0.2, 0.25) is 0 Å². The first-order valence-electron chi connectivity index (χ1n) is 28.8. The van der Waals surface area contributed by atoms with Crippen molar-refractivity contribution in [2.45, 2.75) is 193 Å². The molecule has 1 aliphatic heterocycles. The van der Waals surface area contributed by atoms with Crippen molar-refractivity contribution in [3.05, 3.63) is 35.9 Å². The number of carbonyl (C=O) groups is 12. The molecule has 476 valence electrons. The van der Waals surface area contributed by atoms with Gasteiger partial charge in [0.05, 0.1) is 25.1 Å². The SMILES string of the molecule is CC[C@@H](C)[C@@H](NC(=O)[C@@H](CCC(N)=O)NC(=O)[C@H](CO)NC(=O)[C@H](C)NC(=O)[C@@H](Cc1ccccc1)NC)C(=O)N[C@H](C(=O)N[C@@H](CO)C(=O)N[C@H]1C(=O)N[C@@H](C)C(=O)N[C@@H](CCCN=C(C)N)C(=O)N[C@@H]([C@@H](C)CC)C(=O)O[C@H]1C)[C@@H](C)CC. The first-order valence-corrected chi connectivity index (χ1v) is 28.8. The highest BCUT2D eigenvalue weighted by Gasteiger charge is 2.40. The van der Waals surface area contributed by atoms with E-state index in [1.165, 1.54) is 20.8 Å². The molecule has 1 aromatic rings. The van der Waals surface area contributed by atoms with Crippen molar-refractivity contribution in [3.63, 3.8) is 0 Å². The van der Waals surface area contributed by atoms with Crippen molar-refractivity contribution in [1.82, 2.24) is 58.5 Å². The number of aliphatic hydroxyl groups is 2. The number of esters is 1. The van der Waals surface area contributed by atoms with Gasteiger partial charge in [-0.25, -0.2) is 4.79 Å². The first kappa shape index (κ1) is 73.3. The van der Waals surface area contributed by atoms with Gasteiger partial charge in [0, 0.05) is 13.0 Å². The molecule has 1 aliphatic rings. The number of aliphatic hydroxyl groups excluding tert-OH is 2. The highest BCUT2D eigenvalue weighted by atomic mass is 16.5. The van der Waals surface area contributed by atoms with Crippen molar-refractivity contribution < 1.29 is 72.5 Å². The predicted octanol–water partition coefficient (Wildman–Crippen LogP) is -3.80. The molecule has 29 heteroatoms. The summed E-state index contributed by atoms with van der Waals surface area (Å²) in [6.07, 6.45) is -0.748. The maximum atomic E-state index is 14.3. The van der Waals surface area contributed by atoms with Crippen LogP contribution in [-0.2, 0) is 68.7 Å². The van der Waals surface area contributed by atoms with Crippen molar-refractivity contribution >= 4 is 76.8 Å². The summed E-state index contributed by atoms with van der Waals surface area (Å²) in [6.45, 7) is 13.8. The Morgan fingerprint density at radius 1 is 0.647 bits per heavy atom. The minimum absolute atomic E-state index is 0.0798. The second-order valence-corrected chi connectivity index (χ2v) is 21.5. The van der Waals surface area contributed by atoms with Crippen molar-refractivity contribution in [3.8, 4) is 0 Å². The second-order valence-electron chi connectivity index (χ2n) is 21.5. The summed E-state index contributed by atoms with van der Waals surface area (Å²) in [5, 5.41) is 48.7. The number of carbonyl (C=O) groups excluding carboxylic acids is 12. The topological polar surface area (TPSA) is 451 Å². The average Bonchev–Trinajstić information content (AvgIpc) is 3.70. The number of amidine groups is 1. The van der Waals surface area contributed by atoms with Gasteiger partial charge in [0.25, 0.3) is 0 Å². The molecule has 0 saturated carbocycles. The summed E-state index contributed by atoms with van der Waals surface area (Å²) < 4.78 is 5.71. The van der Waals surface area contributed by atoms with Crippen LogP contribution in [0.15, 0.2) is 35.3 Å². The zero-order chi connectivity index (χ0) is 64.2. The van der Waals surface area contributed by atoms with Gasteiger partial charge in [-0.15, -0.1) is 0 Å². The third-order valence-electron chi connectivity index (χ3n) is 14.7. The molecule has 0 radical (unpaired) electrons. The molecule has 1 fully saturated rings. The highest BCUT2D eigenvalue weighted by Crippen LogP contribution is 2.17. The number of hydrogen-bond donors (Lipinski definition) is 15. The maximum Gasteiger partial charge on any atom is 0.329 e. The van der Waals surface area contributed by atoms with Crippen LogP contribution < -0.4 is 70.0 Å². The van der Waals surface area contributed by atoms with Gasteiger partial charge in [-0.2, -0.15) is 0 Å². The van der Waals surface area contributed by atoms with Crippen LogP contribution in [-0.4, -0.2) is 186 Å². The number of hydrogen-bond acceptors (Lipinski definition) is 17. The lowest BCUT2D eigenvalue weighted by Gasteiger charge is -2.31. The molecule has 1 heterocycles. The fourth-order valence-electron chi connectivity index (χ4n) is 8.61. The van der Waals surface area contributed by atoms with Gasteiger partial charge in [0.2, 0.25) is 65.0 Å². The number of ether oxygens (including phenoxy) is 1. The molecule has 0 bridgehead atoms. The van der Waals surface area contributed by atoms with Crippen LogP contribution >= 0.6 is 0 Å². The van der Waals surface area contributed by atoms with E-state index in [0.29, 0.717) is 25.1 Å². The quantitative estimate of drug-likeness (QED) is 0.0142. The number of nitrogens with one attached hydrogen (secondary N) is 11. The molecule has 29 nitrogen and oxygen atoms in total. The minimum atomic E-state index is -1.82. The number of primary amides is 1. The van der Waals surface area contributed by atoms with Gasteiger partial charge in [-0.05, 0) is 83.7 Å². The van der Waals surface area contributed by atoms with E-state index in [2.05, 4.69) is 63.5 Å². The van der Waals surface area contributed by atoms with Crippen LogP contribution in [0.3, 0.4) is 0 Å². The Hall–Kier alpha value is -7.79. The number of nitrogens with two attached hydrogens (primary N) is 2. The van der Waals surface area contributed by atoms with E-state index < -0.39 is 187 Å². The molecule has 0 unspecified atom stereocenters. The molecule has 2 rings (SSSR count). The molecular formula is C56H92N14O15. The number of nitrogens with zero attached hydrogens (tertiary/aromatic N) is 1. The molecule has 1 aromatic carbocycles. The van der Waals surface area contributed by atoms with Gasteiger partial charge in [-0.3, -0.25) is 57.7 Å². The van der Waals surface area contributed by atoms with E-state index in [-0.39, 0.29) is 25.8 Å². The van der Waals surface area contributed by atoms with E-state index in [0.717, 1.165) is 5.56 Å². The largest absolute Gasteiger partial charge is 0.458 e. The Morgan fingerprint density at radius 3 is 1.72 bits per heavy atom. The Morgan fingerprint density at radius 2 is 1.18 bits per heavy atom. The molecule has 85 heavy (non-hydrogen) atoms. The first-order chi connectivity index (χ1) is 40.1. The number of rotatable bonds is 32. The number of cyclic esters (lactones) is 1. The zero-order valence-electron chi connectivity index (χ0n) is 50.6. The van der Waals surface area contributed by atoms with Gasteiger partial charge < -0.3 is 84.9 Å². The second kappa shape index (κ2) is 36.8. The van der Waals surface area contributed by atoms with E-state index in [1.54, 1.807) is 55.5 Å². The molecule has 1 saturated heterocycles. The zero-order valence-corrected chi connectivity index (χ0v) is 50.6. The summed E-state index contributed by atoms with van der Waals surface area (Å²) in [5.74, 6) is -12.4. The van der Waals surface area contributed by atoms with Crippen LogP contribution in [0, 0.1) is 17.8 Å². The summed E-state index contributed by atoms with van der Waals surface area (Å²) in [7, 11) is 1.58. The fraction of sp³-hybridized carbons (Fsp3) is 0.661. The summed E-state index contributed by atoms with van der Waals surface area (Å²) in [6, 6.07) is -6.32. The Kier molecular flexibility index (Phi) is 31.8. The van der Waals surface area contributed by atoms with Crippen LogP contribution in [0.5, 0.6) is 0 Å². The molecule has 15 atom stereocenters. The average molecular weight is 1200 g/mol. The molecular weight excluding hydrogens is 1110 g/mol. The third kappa shape index (κ3) is 24.0. The summed E-state index contributed by atoms with van der Waals surface area (Å²) >= 11 is 0. The van der Waals surface area contributed by atoms with Crippen LogP contribution in [0.4, 0.5) is 0 Å². The smallest absolute Gasteiger partial charge is 0.329 e. The van der Waals surface area contributed by atoms with Crippen LogP contribution in [0.1, 0.15) is 120 Å². The normalized spacial score (nSPS) is 21.3. The number of amides is 11. The van der Waals surface area contributed by atoms with Gasteiger partial charge in [0.1, 0.15) is 66.5 Å². The minimum Gasteiger partial charge on any atom is -0.458 e. The number of aliphatic imine (C=N–C) groups is 1. The lowest BCUT2D eigenvalue weighted by molar-refractivity contribution is -0.157. The van der Waals surface area contributed by atoms with Crippen LogP contribution in [0.25, 0.3) is 0 Å². The predicted molar refractivity (Wildman–Crippen MR) is 312 cm³/mol. The van der Waals surface area contributed by atoms with Crippen molar-refractivity contribution in [2.75, 3.05) is 26.8 Å². The maximum absolute atomic E-state index is 14.3. The lowest BCUT2D eigenvalue weighted by atomic mass is 9.94. The van der Waals surface area contributed by atoms with Gasteiger partial charge in [0.15, 0.2) is 0 Å². The molecule has 0 aromatic heterocycles. The third-order valence-corrected chi connectivity index (χ3v) is 14.7. The summed E-state index contributed by atoms with van der Waals surface area (Å²) in [5.41, 5.74) is 11.9. The number of likely N-dealkylation sites (N-methyl/N-ethyl adjacent to an activating group) is 1. The standard InChI is InChI=1S/C56H92N14O15/c1-12-28(4)42(53(81)66-40(27-72)52(80)70-45-33(9)85-56(84)44(30(6)14-3)69-48(76)36(21-18-24-60-34(10)57)63-46(74)32(8)62-55(45)83)68-54(82)43(29(5)13-2)67-49(77)37(22-23-41(58)73)64-51(79)39(26-71)65-47(75)31(7)61-50(78)38(59-11)25-35-19-16-15-17-20-35/h15-17,19-20,28-33,36-40,42-45,59,71-72H,12-14,18,21-27H2,1-11H3,(H2,57,60)(H2,58,73)(H,61,78)(H,62,83)(H,63,74)(H,64,79)(H,65,75)(H,66,81)(H,67,77)(H,68,82)(H,69,76)(H,70,80)/t28-,29+,30-,31-,32-,33-,36-,37+,38+,39-,40-,42-,43+,44-,45+/m0/s1.